The van der Waals surface area contributed by atoms with Crippen LogP contribution in [0.1, 0.15) is 36.1 Å². The van der Waals surface area contributed by atoms with Crippen molar-refractivity contribution in [3.8, 4) is 0 Å². The van der Waals surface area contributed by atoms with E-state index in [1.807, 2.05) is 0 Å². The molecule has 0 saturated heterocycles. The van der Waals surface area contributed by atoms with E-state index in [9.17, 15) is 0 Å². The van der Waals surface area contributed by atoms with Gasteiger partial charge in [-0.25, -0.2) is 0 Å². The van der Waals surface area contributed by atoms with Crippen LogP contribution < -0.4 is 0 Å². The molecule has 0 radical (unpaired) electrons. The summed E-state index contributed by atoms with van der Waals surface area (Å²) in [4.78, 5) is 0. The first-order valence-corrected chi connectivity index (χ1v) is 25.0. The van der Waals surface area contributed by atoms with Crippen molar-refractivity contribution >= 4 is 35.0 Å². The summed E-state index contributed by atoms with van der Waals surface area (Å²) < 4.78 is 8.88. The second-order valence-electron chi connectivity index (χ2n) is 11.0. The van der Waals surface area contributed by atoms with Gasteiger partial charge in [0.2, 0.25) is 0 Å². The van der Waals surface area contributed by atoms with Crippen molar-refractivity contribution in [3.63, 3.8) is 0 Å². The molecule has 2 heteroatoms. The zero-order valence-corrected chi connectivity index (χ0v) is 23.4. The molecule has 0 bridgehead atoms. The number of hydrogen-bond acceptors (Lipinski definition) is 0. The molecule has 0 saturated carbocycles. The summed E-state index contributed by atoms with van der Waals surface area (Å²) in [5.41, 5.74) is 9.41. The van der Waals surface area contributed by atoms with Crippen molar-refractivity contribution in [2.75, 3.05) is 0 Å². The average molecular weight is 510 g/mol. The molecule has 0 N–H and O–H groups in total. The molecule has 0 nitrogen and oxygen atoms in total. The minimum absolute atomic E-state index is 1.11. The van der Waals surface area contributed by atoms with Crippen LogP contribution >= 0.6 is 0 Å². The van der Waals surface area contributed by atoms with Gasteiger partial charge in [0, 0.05) is 0 Å². The van der Waals surface area contributed by atoms with E-state index in [1.54, 1.807) is 28.8 Å². The van der Waals surface area contributed by atoms with E-state index >= 15 is 0 Å². The van der Waals surface area contributed by atoms with Gasteiger partial charge in [-0.2, -0.15) is 0 Å². The first-order chi connectivity index (χ1) is 15.2. The molecule has 0 aromatic heterocycles. The van der Waals surface area contributed by atoms with E-state index in [0.717, 1.165) is 12.8 Å². The number of allylic oxidation sites excluding steroid dienone is 2. The first kappa shape index (κ1) is 20.6. The molecule has 4 aromatic rings. The standard InChI is InChI=1S/2C14H11.2CH3.H2Si.Zr/c2*1-10-8-12-7-6-11-4-2-3-5-13(11)14(12)9-10;;;;/h2*2-7H,8H2,1H3;2*1H3;1H2;. The molecule has 4 aromatic carbocycles. The molecule has 6 rings (SSSR count). The van der Waals surface area contributed by atoms with Crippen LogP contribution in [0.25, 0.3) is 28.1 Å². The summed E-state index contributed by atoms with van der Waals surface area (Å²) in [6, 6.07) is 27.4. The second kappa shape index (κ2) is 6.75. The van der Waals surface area contributed by atoms with Gasteiger partial charge in [0.1, 0.15) is 0 Å². The van der Waals surface area contributed by atoms with Crippen molar-refractivity contribution in [1.29, 1.82) is 0 Å². The monoisotopic (exact) mass is 508 g/mol. The molecule has 32 heavy (non-hydrogen) atoms. The van der Waals surface area contributed by atoms with Crippen LogP contribution in [0.4, 0.5) is 0 Å². The van der Waals surface area contributed by atoms with E-state index in [0.29, 0.717) is 0 Å². The third-order valence-electron chi connectivity index (χ3n) is 7.90. The van der Waals surface area contributed by atoms with Crippen LogP contribution in [0.2, 0.25) is 9.26 Å². The summed E-state index contributed by atoms with van der Waals surface area (Å²) in [6.45, 7) is 7.22. The van der Waals surface area contributed by atoms with E-state index in [4.69, 9.17) is 0 Å². The summed E-state index contributed by atoms with van der Waals surface area (Å²) in [5, 5.41) is 5.63. The summed E-state index contributed by atoms with van der Waals surface area (Å²) >= 11 is -3.57. The molecule has 2 aliphatic rings. The van der Waals surface area contributed by atoms with E-state index in [2.05, 4.69) is 103 Å². The average Bonchev–Trinajstić information content (AvgIpc) is 3.30. The maximum atomic E-state index is 2.70. The van der Waals surface area contributed by atoms with Crippen LogP contribution in [-0.2, 0) is 30.2 Å². The van der Waals surface area contributed by atoms with Gasteiger partial charge in [0.05, 0.1) is 0 Å². The normalized spacial score (nSPS) is 16.3. The number of rotatable bonds is 2. The molecule has 0 unspecified atom stereocenters. The Bertz CT molecular complexity index is 1490. The Morgan fingerprint density at radius 3 is 1.44 bits per heavy atom. The fraction of sp³-hybridized carbons (Fsp3) is 0.200. The van der Waals surface area contributed by atoms with Gasteiger partial charge in [-0.15, -0.1) is 0 Å². The molecular weight excluding hydrogens is 480 g/mol. The van der Waals surface area contributed by atoms with E-state index < -0.39 is 17.4 Å². The van der Waals surface area contributed by atoms with Crippen molar-refractivity contribution in [3.05, 3.63) is 106 Å². The third-order valence-corrected chi connectivity index (χ3v) is 23.3. The molecule has 0 aliphatic heterocycles. The molecule has 0 amide bonds. The predicted octanol–water partition coefficient (Wildman–Crippen LogP) is 7.60. The van der Waals surface area contributed by atoms with Crippen molar-refractivity contribution in [2.24, 2.45) is 0 Å². The fourth-order valence-corrected chi connectivity index (χ4v) is 25.8. The van der Waals surface area contributed by atoms with Crippen molar-refractivity contribution in [2.45, 2.75) is 36.0 Å². The zero-order chi connectivity index (χ0) is 22.3. The van der Waals surface area contributed by atoms with Gasteiger partial charge in [-0.05, 0) is 0 Å². The van der Waals surface area contributed by atoms with Crippen molar-refractivity contribution < 1.29 is 17.4 Å². The van der Waals surface area contributed by atoms with Crippen molar-refractivity contribution in [1.82, 2.24) is 0 Å². The third kappa shape index (κ3) is 2.76. The summed E-state index contributed by atoms with van der Waals surface area (Å²) in [5.74, 6) is 0. The Hall–Kier alpha value is -2.02. The van der Waals surface area contributed by atoms with E-state index in [1.165, 1.54) is 32.7 Å². The molecule has 2 aliphatic carbocycles. The topological polar surface area (TPSA) is 0 Å². The number of fused-ring (bicyclic) bond motifs is 6. The number of hydrogen-bond donors (Lipinski definition) is 0. The quantitative estimate of drug-likeness (QED) is 0.244. The van der Waals surface area contributed by atoms with Crippen LogP contribution in [0, 0.1) is 0 Å². The zero-order valence-electron chi connectivity index (χ0n) is 19.5. The van der Waals surface area contributed by atoms with Gasteiger partial charge >= 0.3 is 195 Å². The van der Waals surface area contributed by atoms with Crippen LogP contribution in [0.3, 0.4) is 0 Å². The van der Waals surface area contributed by atoms with Gasteiger partial charge in [0.25, 0.3) is 0 Å². The molecule has 0 fully saturated rings. The molecule has 0 atom stereocenters. The van der Waals surface area contributed by atoms with Gasteiger partial charge in [0.15, 0.2) is 0 Å². The van der Waals surface area contributed by atoms with E-state index in [-0.39, 0.29) is 0 Å². The van der Waals surface area contributed by atoms with Gasteiger partial charge < -0.3 is 0 Å². The molecule has 0 heterocycles. The van der Waals surface area contributed by atoms with Gasteiger partial charge in [-0.1, -0.05) is 0 Å². The minimum atomic E-state index is -3.57. The second-order valence-corrected chi connectivity index (χ2v) is 39.2. The van der Waals surface area contributed by atoms with Crippen LogP contribution in [0.15, 0.2) is 83.9 Å². The molecule has 0 spiro atoms. The number of benzene rings is 4. The maximum absolute atomic E-state index is 3.57. The molecular formula is C30H30SiZr. The van der Waals surface area contributed by atoms with Crippen LogP contribution in [-0.4, -0.2) is 6.88 Å². The SMILES string of the molecule is CC1=[C]([Zr]([CH3])([CH3])(=[SiH2])[C]2=C(C)Cc3ccc4ccccc4c32)c2c(ccc3ccccc23)C1. The van der Waals surface area contributed by atoms with Gasteiger partial charge in [-0.3, -0.25) is 0 Å². The Labute approximate surface area is 193 Å². The molecule has 158 valence electrons. The fourth-order valence-electron chi connectivity index (χ4n) is 6.99. The Morgan fingerprint density at radius 1 is 0.594 bits per heavy atom. The van der Waals surface area contributed by atoms with Crippen LogP contribution in [0.5, 0.6) is 0 Å². The summed E-state index contributed by atoms with van der Waals surface area (Å²) in [6.07, 6.45) is 2.21. The Morgan fingerprint density at radius 2 is 1.00 bits per heavy atom. The first-order valence-electron chi connectivity index (χ1n) is 11.7. The summed E-state index contributed by atoms with van der Waals surface area (Å²) in [7, 11) is 0. The predicted molar refractivity (Wildman–Crippen MR) is 141 cm³/mol. The Balaban J connectivity index is 1.69. The Kier molecular flexibility index (Phi) is 4.34.